The third kappa shape index (κ3) is 5.91. The Kier molecular flexibility index (Phi) is 7.10. The molecule has 0 aliphatic heterocycles. The van der Waals surface area contributed by atoms with Crippen molar-refractivity contribution in [3.8, 4) is 11.5 Å². The molecule has 26 heavy (non-hydrogen) atoms. The fourth-order valence-electron chi connectivity index (χ4n) is 1.80. The van der Waals surface area contributed by atoms with Crippen molar-refractivity contribution in [2.24, 2.45) is 0 Å². The molecule has 0 spiro atoms. The van der Waals surface area contributed by atoms with E-state index < -0.39 is 7.59 Å². The van der Waals surface area contributed by atoms with Gasteiger partial charge in [-0.15, -0.1) is 0 Å². The second kappa shape index (κ2) is 8.55. The number of benzene rings is 1. The molecule has 0 saturated carbocycles. The largest absolute Gasteiger partial charge is 0.504 e. The number of hydrogen-bond donors (Lipinski definition) is 1. The molecule has 140 valence electrons. The van der Waals surface area contributed by atoms with Crippen molar-refractivity contribution in [2.45, 2.75) is 14.5 Å². The van der Waals surface area contributed by atoms with Gasteiger partial charge in [-0.2, -0.15) is 0 Å². The molecule has 0 atom stereocenters. The Morgan fingerprint density at radius 1 is 0.962 bits per heavy atom. The SMILES string of the molecule is CCOc1cc(/C=C/c2nc(C(Cl)(Cl)Cl)nc(C(Cl)(Cl)Cl)n2)ccc1O. The quantitative estimate of drug-likeness (QED) is 0.563. The summed E-state index contributed by atoms with van der Waals surface area (Å²) in [6.45, 7) is 2.22. The highest BCUT2D eigenvalue weighted by Gasteiger charge is 2.33. The molecule has 1 N–H and O–H groups in total. The Labute approximate surface area is 179 Å². The van der Waals surface area contributed by atoms with Crippen molar-refractivity contribution < 1.29 is 9.84 Å². The van der Waals surface area contributed by atoms with Crippen LogP contribution in [0.4, 0.5) is 0 Å². The lowest BCUT2D eigenvalue weighted by Crippen LogP contribution is -2.16. The van der Waals surface area contributed by atoms with E-state index in [1.54, 1.807) is 18.2 Å². The van der Waals surface area contributed by atoms with E-state index in [-0.39, 0.29) is 23.2 Å². The van der Waals surface area contributed by atoms with Gasteiger partial charge in [-0.05, 0) is 30.7 Å². The molecule has 0 bridgehead atoms. The van der Waals surface area contributed by atoms with E-state index >= 15 is 0 Å². The Bertz CT molecular complexity index is 786. The third-order valence-electron chi connectivity index (χ3n) is 2.87. The van der Waals surface area contributed by atoms with Gasteiger partial charge in [0.05, 0.1) is 6.61 Å². The first-order valence-electron chi connectivity index (χ1n) is 7.05. The van der Waals surface area contributed by atoms with E-state index in [1.165, 1.54) is 12.1 Å². The zero-order chi connectivity index (χ0) is 19.5. The van der Waals surface area contributed by atoms with E-state index in [2.05, 4.69) is 15.0 Å². The van der Waals surface area contributed by atoms with Crippen molar-refractivity contribution in [3.05, 3.63) is 41.2 Å². The summed E-state index contributed by atoms with van der Waals surface area (Å²) in [5.74, 6) is 0.127. The Morgan fingerprint density at radius 2 is 1.54 bits per heavy atom. The van der Waals surface area contributed by atoms with E-state index in [0.717, 1.165) is 0 Å². The summed E-state index contributed by atoms with van der Waals surface area (Å²) in [6, 6.07) is 4.81. The zero-order valence-electron chi connectivity index (χ0n) is 13.1. The lowest BCUT2D eigenvalue weighted by Gasteiger charge is -2.14. The number of nitrogens with zero attached hydrogens (tertiary/aromatic N) is 3. The van der Waals surface area contributed by atoms with Crippen LogP contribution in [0.1, 0.15) is 30.0 Å². The summed E-state index contributed by atoms with van der Waals surface area (Å²) in [4.78, 5) is 12.0. The topological polar surface area (TPSA) is 68.1 Å². The Hall–Kier alpha value is -0.690. The normalized spacial score (nSPS) is 12.6. The number of alkyl halides is 6. The fourth-order valence-corrected chi connectivity index (χ4v) is 2.30. The maximum atomic E-state index is 9.73. The molecule has 11 heteroatoms. The minimum Gasteiger partial charge on any atom is -0.504 e. The highest BCUT2D eigenvalue weighted by atomic mass is 35.6. The molecule has 0 radical (unpaired) electrons. The van der Waals surface area contributed by atoms with Gasteiger partial charge in [0.25, 0.3) is 0 Å². The summed E-state index contributed by atoms with van der Waals surface area (Å²) >= 11 is 34.9. The van der Waals surface area contributed by atoms with Crippen LogP contribution in [0.2, 0.25) is 0 Å². The number of ether oxygens (including phenoxy) is 1. The first-order chi connectivity index (χ1) is 12.0. The van der Waals surface area contributed by atoms with Gasteiger partial charge in [0.1, 0.15) is 0 Å². The second-order valence-corrected chi connectivity index (χ2v) is 9.39. The van der Waals surface area contributed by atoms with Crippen LogP contribution in [0.3, 0.4) is 0 Å². The second-order valence-electron chi connectivity index (χ2n) is 4.83. The van der Waals surface area contributed by atoms with Crippen LogP contribution >= 0.6 is 69.6 Å². The summed E-state index contributed by atoms with van der Waals surface area (Å²) < 4.78 is 1.49. The molecule has 1 heterocycles. The molecule has 5 nitrogen and oxygen atoms in total. The molecule has 0 unspecified atom stereocenters. The number of aromatic hydroxyl groups is 1. The van der Waals surface area contributed by atoms with Gasteiger partial charge in [0, 0.05) is 0 Å². The monoisotopic (exact) mass is 475 g/mol. The number of halogens is 6. The van der Waals surface area contributed by atoms with Crippen LogP contribution in [0, 0.1) is 0 Å². The molecule has 0 aliphatic carbocycles. The maximum Gasteiger partial charge on any atom is 0.250 e. The van der Waals surface area contributed by atoms with Crippen LogP contribution in [0.25, 0.3) is 12.2 Å². The number of rotatable bonds is 4. The van der Waals surface area contributed by atoms with Gasteiger partial charge < -0.3 is 9.84 Å². The summed E-state index contributed by atoms with van der Waals surface area (Å²) in [5, 5.41) is 9.73. The van der Waals surface area contributed by atoms with E-state index in [1.807, 2.05) is 6.92 Å². The Morgan fingerprint density at radius 3 is 2.04 bits per heavy atom. The number of phenolic OH excluding ortho intramolecular Hbond substituents is 1. The summed E-state index contributed by atoms with van der Waals surface area (Å²) in [6.07, 6.45) is 3.17. The molecule has 1 aromatic carbocycles. The van der Waals surface area contributed by atoms with E-state index in [0.29, 0.717) is 17.9 Å². The lowest BCUT2D eigenvalue weighted by atomic mass is 10.2. The van der Waals surface area contributed by atoms with Crippen LogP contribution < -0.4 is 4.74 Å². The van der Waals surface area contributed by atoms with Crippen molar-refractivity contribution in [2.75, 3.05) is 6.61 Å². The standard InChI is InChI=1S/C15H11Cl6N3O2/c1-2-26-10-7-8(3-5-9(10)25)4-6-11-22-12(14(16,17)18)24-13(23-11)15(19,20)21/h3-7,25H,2H2,1H3/b6-4+. The molecule has 2 aromatic rings. The summed E-state index contributed by atoms with van der Waals surface area (Å²) in [7, 11) is 0. The predicted molar refractivity (Wildman–Crippen MR) is 107 cm³/mol. The van der Waals surface area contributed by atoms with Crippen LogP contribution in [0.15, 0.2) is 18.2 Å². The molecular formula is C15H11Cl6N3O2. The maximum absolute atomic E-state index is 9.73. The van der Waals surface area contributed by atoms with E-state index in [9.17, 15) is 5.11 Å². The first-order valence-corrected chi connectivity index (χ1v) is 9.32. The van der Waals surface area contributed by atoms with Crippen LogP contribution in [-0.2, 0) is 7.59 Å². The first kappa shape index (κ1) is 21.6. The van der Waals surface area contributed by atoms with Gasteiger partial charge in [0.15, 0.2) is 29.0 Å². The highest BCUT2D eigenvalue weighted by molar-refractivity contribution is 6.67. The number of aromatic nitrogens is 3. The molecule has 0 saturated heterocycles. The molecular weight excluding hydrogens is 467 g/mol. The Balaban J connectivity index is 2.42. The van der Waals surface area contributed by atoms with Gasteiger partial charge in [0.2, 0.25) is 7.59 Å². The molecule has 2 rings (SSSR count). The van der Waals surface area contributed by atoms with E-state index in [4.69, 9.17) is 74.3 Å². The molecule has 0 amide bonds. The van der Waals surface area contributed by atoms with Crippen molar-refractivity contribution >= 4 is 81.8 Å². The van der Waals surface area contributed by atoms with Crippen LogP contribution in [0.5, 0.6) is 11.5 Å². The van der Waals surface area contributed by atoms with Crippen molar-refractivity contribution in [1.29, 1.82) is 0 Å². The number of hydrogen-bond acceptors (Lipinski definition) is 5. The van der Waals surface area contributed by atoms with Gasteiger partial charge in [-0.1, -0.05) is 81.7 Å². The smallest absolute Gasteiger partial charge is 0.250 e. The minimum absolute atomic E-state index is 0.0288. The van der Waals surface area contributed by atoms with Crippen molar-refractivity contribution in [1.82, 2.24) is 15.0 Å². The molecule has 0 fully saturated rings. The number of phenols is 1. The predicted octanol–water partition coefficient (Wildman–Crippen LogP) is 5.80. The summed E-state index contributed by atoms with van der Waals surface area (Å²) in [5.41, 5.74) is 0.706. The molecule has 0 aliphatic rings. The average molecular weight is 478 g/mol. The highest BCUT2D eigenvalue weighted by Crippen LogP contribution is 2.40. The lowest BCUT2D eigenvalue weighted by molar-refractivity contribution is 0.318. The average Bonchev–Trinajstić information content (AvgIpc) is 2.54. The zero-order valence-corrected chi connectivity index (χ0v) is 17.6. The van der Waals surface area contributed by atoms with Crippen molar-refractivity contribution in [3.63, 3.8) is 0 Å². The minimum atomic E-state index is -1.92. The van der Waals surface area contributed by atoms with Crippen LogP contribution in [-0.4, -0.2) is 26.7 Å². The van der Waals surface area contributed by atoms with Gasteiger partial charge in [-0.3, -0.25) is 0 Å². The fraction of sp³-hybridized carbons (Fsp3) is 0.267. The third-order valence-corrected chi connectivity index (χ3v) is 3.88. The molecule has 1 aromatic heterocycles. The van der Waals surface area contributed by atoms with Gasteiger partial charge in [-0.25, -0.2) is 15.0 Å². The van der Waals surface area contributed by atoms with Gasteiger partial charge >= 0.3 is 0 Å².